The molecular weight excluding hydrogens is 360 g/mol. The average Bonchev–Trinajstić information content (AvgIpc) is 2.69. The number of aromatic nitrogens is 1. The topological polar surface area (TPSA) is 45.6 Å². The molecule has 3 aromatic carbocycles. The number of fused-ring (bicyclic) bond motifs is 6. The molecule has 0 amide bonds. The predicted molar refractivity (Wildman–Crippen MR) is 118 cm³/mol. The number of para-hydroxylation sites is 1. The molecule has 0 saturated carbocycles. The Balaban J connectivity index is 1.87. The Morgan fingerprint density at radius 1 is 1.03 bits per heavy atom. The summed E-state index contributed by atoms with van der Waals surface area (Å²) in [7, 11) is 2.09. The molecule has 0 fully saturated rings. The highest BCUT2D eigenvalue weighted by Gasteiger charge is 2.31. The Hall–Kier alpha value is -3.53. The summed E-state index contributed by atoms with van der Waals surface area (Å²) in [6.45, 7) is 4.12. The number of rotatable bonds is 0. The van der Waals surface area contributed by atoms with Crippen molar-refractivity contribution in [3.8, 4) is 22.6 Å². The van der Waals surface area contributed by atoms with E-state index in [9.17, 15) is 5.11 Å². The number of ether oxygens (including phenoxy) is 1. The van der Waals surface area contributed by atoms with Gasteiger partial charge in [0.2, 0.25) is 0 Å². The maximum atomic E-state index is 10.2. The van der Waals surface area contributed by atoms with E-state index in [1.165, 1.54) is 0 Å². The summed E-state index contributed by atoms with van der Waals surface area (Å²) in [4.78, 5) is 7.17. The highest BCUT2D eigenvalue weighted by atomic mass is 16.5. The molecule has 29 heavy (non-hydrogen) atoms. The smallest absolute Gasteiger partial charge is 0.132 e. The van der Waals surface area contributed by atoms with Gasteiger partial charge in [-0.2, -0.15) is 0 Å². The van der Waals surface area contributed by atoms with Crippen molar-refractivity contribution in [3.05, 3.63) is 60.2 Å². The number of phenolic OH excluding ortho intramolecular Hbond substituents is 1. The zero-order valence-electron chi connectivity index (χ0n) is 16.5. The van der Waals surface area contributed by atoms with E-state index >= 15 is 0 Å². The SMILES string of the molecule is CN1c2ccccc2-c2c3cc(O)ccc3nc3cc4c(c1c23)C=CC(C)(C)O4. The molecule has 142 valence electrons. The molecule has 0 unspecified atom stereocenters. The summed E-state index contributed by atoms with van der Waals surface area (Å²) in [6.07, 6.45) is 4.26. The molecule has 1 N–H and O–H groups in total. The number of aromatic hydroxyl groups is 1. The van der Waals surface area contributed by atoms with Gasteiger partial charge in [0.1, 0.15) is 17.1 Å². The Bertz CT molecular complexity index is 1390. The molecule has 3 heterocycles. The van der Waals surface area contributed by atoms with Gasteiger partial charge in [-0.25, -0.2) is 4.98 Å². The third-order valence-electron chi connectivity index (χ3n) is 5.92. The van der Waals surface area contributed by atoms with Crippen LogP contribution < -0.4 is 9.64 Å². The van der Waals surface area contributed by atoms with Crippen LogP contribution in [0.5, 0.6) is 11.5 Å². The highest BCUT2D eigenvalue weighted by Crippen LogP contribution is 2.53. The van der Waals surface area contributed by atoms with Crippen LogP contribution in [0.2, 0.25) is 0 Å². The highest BCUT2D eigenvalue weighted by molar-refractivity contribution is 6.21. The molecule has 4 aromatic rings. The molecule has 2 aliphatic rings. The van der Waals surface area contributed by atoms with E-state index in [2.05, 4.69) is 68.3 Å². The van der Waals surface area contributed by atoms with E-state index in [1.54, 1.807) is 6.07 Å². The van der Waals surface area contributed by atoms with E-state index in [1.807, 2.05) is 12.1 Å². The number of benzene rings is 3. The van der Waals surface area contributed by atoms with Crippen molar-refractivity contribution >= 4 is 39.3 Å². The molecular formula is C25H20N2O2. The zero-order valence-corrected chi connectivity index (χ0v) is 16.5. The Labute approximate surface area is 168 Å². The Morgan fingerprint density at radius 3 is 2.72 bits per heavy atom. The molecule has 1 aromatic heterocycles. The fourth-order valence-electron chi connectivity index (χ4n) is 4.64. The molecule has 4 nitrogen and oxygen atoms in total. The first-order valence-corrected chi connectivity index (χ1v) is 9.78. The van der Waals surface area contributed by atoms with Crippen LogP contribution in [0.25, 0.3) is 39.0 Å². The van der Waals surface area contributed by atoms with Crippen molar-refractivity contribution in [1.29, 1.82) is 0 Å². The third kappa shape index (κ3) is 2.17. The molecule has 4 heteroatoms. The number of hydrogen-bond acceptors (Lipinski definition) is 4. The van der Waals surface area contributed by atoms with Gasteiger partial charge >= 0.3 is 0 Å². The van der Waals surface area contributed by atoms with Crippen LogP contribution >= 0.6 is 0 Å². The average molecular weight is 380 g/mol. The van der Waals surface area contributed by atoms with Crippen LogP contribution in [0.15, 0.2) is 54.6 Å². The summed E-state index contributed by atoms with van der Waals surface area (Å²) in [5, 5.41) is 12.2. The van der Waals surface area contributed by atoms with E-state index in [4.69, 9.17) is 9.72 Å². The maximum absolute atomic E-state index is 10.2. The lowest BCUT2D eigenvalue weighted by Gasteiger charge is -2.35. The lowest BCUT2D eigenvalue weighted by molar-refractivity contribution is 0.159. The summed E-state index contributed by atoms with van der Waals surface area (Å²) in [5.41, 5.74) is 6.96. The van der Waals surface area contributed by atoms with Gasteiger partial charge < -0.3 is 14.7 Å². The molecule has 6 rings (SSSR count). The second-order valence-electron chi connectivity index (χ2n) is 8.33. The van der Waals surface area contributed by atoms with Gasteiger partial charge in [0.05, 0.1) is 16.7 Å². The van der Waals surface area contributed by atoms with Crippen molar-refractivity contribution in [3.63, 3.8) is 0 Å². The molecule has 0 saturated heterocycles. The minimum absolute atomic E-state index is 0.246. The largest absolute Gasteiger partial charge is 0.508 e. The summed E-state index contributed by atoms with van der Waals surface area (Å²) >= 11 is 0. The number of hydrogen-bond donors (Lipinski definition) is 1. The van der Waals surface area contributed by atoms with Crippen molar-refractivity contribution < 1.29 is 9.84 Å². The van der Waals surface area contributed by atoms with E-state index in [0.29, 0.717) is 0 Å². The second kappa shape index (κ2) is 5.29. The quantitative estimate of drug-likeness (QED) is 0.379. The van der Waals surface area contributed by atoms with Crippen LogP contribution in [0, 0.1) is 0 Å². The van der Waals surface area contributed by atoms with Gasteiger partial charge in [0.15, 0.2) is 0 Å². The number of anilines is 2. The van der Waals surface area contributed by atoms with Crippen LogP contribution in [-0.2, 0) is 0 Å². The van der Waals surface area contributed by atoms with Gasteiger partial charge in [0.25, 0.3) is 0 Å². The van der Waals surface area contributed by atoms with Gasteiger partial charge in [-0.05, 0) is 50.3 Å². The number of phenols is 1. The normalized spacial score (nSPS) is 15.9. The predicted octanol–water partition coefficient (Wildman–Crippen LogP) is 6.03. The van der Waals surface area contributed by atoms with Crippen LogP contribution in [0.3, 0.4) is 0 Å². The Kier molecular flexibility index (Phi) is 3.00. The Morgan fingerprint density at radius 2 is 1.86 bits per heavy atom. The van der Waals surface area contributed by atoms with Crippen molar-refractivity contribution in [2.75, 3.05) is 11.9 Å². The standard InChI is InChI=1S/C25H20N2O2/c1-25(2)11-10-16-21(29-25)13-19-23-22(17-12-14(28)8-9-18(17)26-19)15-6-4-5-7-20(15)27(3)24(16)23/h4-13,28H,1-3H3. The van der Waals surface area contributed by atoms with Crippen molar-refractivity contribution in [1.82, 2.24) is 4.98 Å². The number of nitrogens with zero attached hydrogens (tertiary/aromatic N) is 2. The fraction of sp³-hybridized carbons (Fsp3) is 0.160. The minimum Gasteiger partial charge on any atom is -0.508 e. The lowest BCUT2D eigenvalue weighted by atomic mass is 9.87. The van der Waals surface area contributed by atoms with E-state index in [-0.39, 0.29) is 11.4 Å². The minimum atomic E-state index is -0.357. The van der Waals surface area contributed by atoms with Crippen LogP contribution in [0.1, 0.15) is 19.4 Å². The number of pyridine rings is 1. The lowest BCUT2D eigenvalue weighted by Crippen LogP contribution is -2.28. The zero-order chi connectivity index (χ0) is 19.9. The first-order valence-electron chi connectivity index (χ1n) is 9.78. The van der Waals surface area contributed by atoms with Crippen LogP contribution in [-0.4, -0.2) is 22.7 Å². The van der Waals surface area contributed by atoms with Gasteiger partial charge in [-0.1, -0.05) is 18.2 Å². The van der Waals surface area contributed by atoms with Crippen molar-refractivity contribution in [2.24, 2.45) is 0 Å². The summed E-state index contributed by atoms with van der Waals surface area (Å²) in [5.74, 6) is 1.10. The molecule has 0 bridgehead atoms. The van der Waals surface area contributed by atoms with E-state index in [0.717, 1.165) is 55.6 Å². The van der Waals surface area contributed by atoms with Gasteiger partial charge in [-0.3, -0.25) is 0 Å². The fourth-order valence-corrected chi connectivity index (χ4v) is 4.64. The molecule has 0 aliphatic carbocycles. The molecule has 0 radical (unpaired) electrons. The van der Waals surface area contributed by atoms with Gasteiger partial charge in [-0.15, -0.1) is 0 Å². The second-order valence-corrected chi connectivity index (χ2v) is 8.33. The van der Waals surface area contributed by atoms with Gasteiger partial charge in [0, 0.05) is 46.3 Å². The maximum Gasteiger partial charge on any atom is 0.132 e. The first-order chi connectivity index (χ1) is 13.9. The third-order valence-corrected chi connectivity index (χ3v) is 5.92. The summed E-state index contributed by atoms with van der Waals surface area (Å²) < 4.78 is 6.31. The summed E-state index contributed by atoms with van der Waals surface area (Å²) in [6, 6.07) is 15.8. The molecule has 2 aliphatic heterocycles. The first kappa shape index (κ1) is 16.4. The molecule has 0 atom stereocenters. The van der Waals surface area contributed by atoms with E-state index < -0.39 is 0 Å². The monoisotopic (exact) mass is 380 g/mol. The van der Waals surface area contributed by atoms with Crippen LogP contribution in [0.4, 0.5) is 11.4 Å². The molecule has 0 spiro atoms. The van der Waals surface area contributed by atoms with Crippen molar-refractivity contribution in [2.45, 2.75) is 19.4 Å².